The van der Waals surface area contributed by atoms with Crippen molar-refractivity contribution in [3.8, 4) is 0 Å². The summed E-state index contributed by atoms with van der Waals surface area (Å²) in [5.74, 6) is 1.84. The zero-order chi connectivity index (χ0) is 8.55. The van der Waals surface area contributed by atoms with Gasteiger partial charge in [-0.3, -0.25) is 4.79 Å². The monoisotopic (exact) mass is 165 g/mol. The van der Waals surface area contributed by atoms with E-state index in [4.69, 9.17) is 0 Å². The molecule has 1 aliphatic carbocycles. The topological polar surface area (TPSA) is 20.3 Å². The first-order chi connectivity index (χ1) is 5.81. The maximum Gasteiger partial charge on any atom is 0.245 e. The summed E-state index contributed by atoms with van der Waals surface area (Å²) in [6.45, 7) is 5.44. The number of rotatable bonds is 2. The summed E-state index contributed by atoms with van der Waals surface area (Å²) in [5.41, 5.74) is 0. The van der Waals surface area contributed by atoms with Crippen molar-refractivity contribution in [1.82, 2.24) is 4.90 Å². The first-order valence-electron chi connectivity index (χ1n) is 4.72. The Bertz CT molecular complexity index is 202. The number of carbonyl (C=O) groups excluding carboxylic acids is 1. The molecule has 0 radical (unpaired) electrons. The summed E-state index contributed by atoms with van der Waals surface area (Å²) in [7, 11) is 0. The highest BCUT2D eigenvalue weighted by Gasteiger charge is 2.37. The summed E-state index contributed by atoms with van der Waals surface area (Å²) in [4.78, 5) is 13.0. The molecule has 1 saturated carbocycles. The van der Waals surface area contributed by atoms with Gasteiger partial charge in [-0.05, 0) is 17.9 Å². The third-order valence-corrected chi connectivity index (χ3v) is 3.21. The van der Waals surface area contributed by atoms with Crippen LogP contribution in [0.2, 0.25) is 0 Å². The lowest BCUT2D eigenvalue weighted by molar-refractivity contribution is -0.134. The molecule has 0 aromatic carbocycles. The second kappa shape index (κ2) is 2.92. The van der Waals surface area contributed by atoms with Crippen LogP contribution in [-0.4, -0.2) is 23.9 Å². The quantitative estimate of drug-likeness (QED) is 0.567. The van der Waals surface area contributed by atoms with Gasteiger partial charge in [0.15, 0.2) is 0 Å². The molecule has 1 heterocycles. The number of nitrogens with zero attached hydrogens (tertiary/aromatic N) is 1. The van der Waals surface area contributed by atoms with Crippen molar-refractivity contribution in [2.45, 2.75) is 19.3 Å². The zero-order valence-corrected chi connectivity index (χ0v) is 7.33. The third kappa shape index (κ3) is 1.15. The Hall–Kier alpha value is -0.790. The smallest absolute Gasteiger partial charge is 0.245 e. The van der Waals surface area contributed by atoms with Crippen LogP contribution in [0.15, 0.2) is 12.7 Å². The van der Waals surface area contributed by atoms with E-state index in [2.05, 4.69) is 6.58 Å². The molecule has 0 bridgehead atoms. The van der Waals surface area contributed by atoms with Crippen molar-refractivity contribution in [1.29, 1.82) is 0 Å². The van der Waals surface area contributed by atoms with Crippen LogP contribution in [0.3, 0.4) is 0 Å². The van der Waals surface area contributed by atoms with Gasteiger partial charge in [0.25, 0.3) is 0 Å². The first kappa shape index (κ1) is 7.84. The van der Waals surface area contributed by atoms with Crippen molar-refractivity contribution < 1.29 is 4.79 Å². The Morgan fingerprint density at radius 3 is 2.42 bits per heavy atom. The molecule has 0 unspecified atom stereocenters. The van der Waals surface area contributed by atoms with Crippen LogP contribution in [0.5, 0.6) is 0 Å². The third-order valence-electron chi connectivity index (χ3n) is 3.21. The number of carbonyl (C=O) groups is 1. The minimum Gasteiger partial charge on any atom is -0.338 e. The molecule has 2 nitrogen and oxygen atoms in total. The molecule has 1 aliphatic heterocycles. The average molecular weight is 165 g/mol. The summed E-state index contributed by atoms with van der Waals surface area (Å²) >= 11 is 0. The average Bonchev–Trinajstić information content (AvgIpc) is 1.90. The summed E-state index contributed by atoms with van der Waals surface area (Å²) in [6, 6.07) is 0. The van der Waals surface area contributed by atoms with E-state index in [0.29, 0.717) is 0 Å². The Labute approximate surface area is 73.2 Å². The predicted molar refractivity (Wildman–Crippen MR) is 47.6 cm³/mol. The fourth-order valence-electron chi connectivity index (χ4n) is 2.03. The molecular weight excluding hydrogens is 150 g/mol. The van der Waals surface area contributed by atoms with Crippen LogP contribution in [-0.2, 0) is 4.79 Å². The van der Waals surface area contributed by atoms with E-state index >= 15 is 0 Å². The molecule has 0 N–H and O–H groups in total. The fourth-order valence-corrected chi connectivity index (χ4v) is 2.03. The van der Waals surface area contributed by atoms with Gasteiger partial charge in [-0.1, -0.05) is 25.8 Å². The number of likely N-dealkylation sites (tertiary alicyclic amines) is 1. The molecule has 2 aliphatic rings. The molecule has 0 spiro atoms. The molecule has 2 heteroatoms. The molecule has 12 heavy (non-hydrogen) atoms. The number of hydrogen-bond donors (Lipinski definition) is 0. The maximum absolute atomic E-state index is 11.1. The highest BCUT2D eigenvalue weighted by atomic mass is 16.2. The lowest BCUT2D eigenvalue weighted by Gasteiger charge is -2.46. The Morgan fingerprint density at radius 2 is 2.00 bits per heavy atom. The zero-order valence-electron chi connectivity index (χ0n) is 7.33. The second-order valence-electron chi connectivity index (χ2n) is 3.90. The van der Waals surface area contributed by atoms with Crippen molar-refractivity contribution in [2.75, 3.05) is 13.1 Å². The van der Waals surface area contributed by atoms with E-state index in [1.54, 1.807) is 0 Å². The lowest BCUT2D eigenvalue weighted by Crippen LogP contribution is -2.53. The van der Waals surface area contributed by atoms with Crippen molar-refractivity contribution in [3.63, 3.8) is 0 Å². The number of hydrogen-bond acceptors (Lipinski definition) is 1. The SMILES string of the molecule is C=CC(=O)N1CC(C2CCC2)C1. The van der Waals surface area contributed by atoms with Gasteiger partial charge in [0, 0.05) is 13.1 Å². The van der Waals surface area contributed by atoms with Crippen LogP contribution in [0.1, 0.15) is 19.3 Å². The summed E-state index contributed by atoms with van der Waals surface area (Å²) in [5, 5.41) is 0. The van der Waals surface area contributed by atoms with Gasteiger partial charge in [-0.25, -0.2) is 0 Å². The van der Waals surface area contributed by atoms with Crippen molar-refractivity contribution >= 4 is 5.91 Å². The van der Waals surface area contributed by atoms with E-state index < -0.39 is 0 Å². The van der Waals surface area contributed by atoms with Crippen molar-refractivity contribution in [2.24, 2.45) is 11.8 Å². The molecule has 0 atom stereocenters. The molecule has 2 fully saturated rings. The minimum absolute atomic E-state index is 0.102. The van der Waals surface area contributed by atoms with Crippen LogP contribution < -0.4 is 0 Å². The van der Waals surface area contributed by atoms with Crippen LogP contribution in [0, 0.1) is 11.8 Å². The standard InChI is InChI=1S/C10H15NO/c1-2-10(12)11-6-9(7-11)8-4-3-5-8/h2,8-9H,1,3-7H2. The predicted octanol–water partition coefficient (Wildman–Crippen LogP) is 1.43. The molecular formula is C10H15NO. The van der Waals surface area contributed by atoms with Gasteiger partial charge in [-0.2, -0.15) is 0 Å². The van der Waals surface area contributed by atoms with Gasteiger partial charge in [0.1, 0.15) is 0 Å². The summed E-state index contributed by atoms with van der Waals surface area (Å²) < 4.78 is 0. The van der Waals surface area contributed by atoms with E-state index in [1.165, 1.54) is 25.3 Å². The Kier molecular flexibility index (Phi) is 1.91. The number of amides is 1. The summed E-state index contributed by atoms with van der Waals surface area (Å²) in [6.07, 6.45) is 5.59. The van der Waals surface area contributed by atoms with E-state index in [9.17, 15) is 4.79 Å². The molecule has 66 valence electrons. The van der Waals surface area contributed by atoms with E-state index in [1.807, 2.05) is 4.90 Å². The van der Waals surface area contributed by atoms with E-state index in [-0.39, 0.29) is 5.91 Å². The van der Waals surface area contributed by atoms with Gasteiger partial charge in [0.05, 0.1) is 0 Å². The van der Waals surface area contributed by atoms with Gasteiger partial charge < -0.3 is 4.90 Å². The van der Waals surface area contributed by atoms with Crippen molar-refractivity contribution in [3.05, 3.63) is 12.7 Å². The maximum atomic E-state index is 11.1. The van der Waals surface area contributed by atoms with Gasteiger partial charge in [-0.15, -0.1) is 0 Å². The molecule has 1 saturated heterocycles. The van der Waals surface area contributed by atoms with Crippen LogP contribution in [0.25, 0.3) is 0 Å². The largest absolute Gasteiger partial charge is 0.338 e. The molecule has 2 rings (SSSR count). The molecule has 0 aromatic rings. The van der Waals surface area contributed by atoms with E-state index in [0.717, 1.165) is 24.9 Å². The first-order valence-corrected chi connectivity index (χ1v) is 4.72. The fraction of sp³-hybridized carbons (Fsp3) is 0.700. The van der Waals surface area contributed by atoms with Crippen LogP contribution in [0.4, 0.5) is 0 Å². The molecule has 1 amide bonds. The Morgan fingerprint density at radius 1 is 1.33 bits per heavy atom. The highest BCUT2D eigenvalue weighted by Crippen LogP contribution is 2.37. The molecule has 0 aromatic heterocycles. The second-order valence-corrected chi connectivity index (χ2v) is 3.90. The van der Waals surface area contributed by atoms with Gasteiger partial charge in [0.2, 0.25) is 5.91 Å². The lowest BCUT2D eigenvalue weighted by atomic mass is 9.72. The van der Waals surface area contributed by atoms with Crippen LogP contribution >= 0.6 is 0 Å². The highest BCUT2D eigenvalue weighted by molar-refractivity contribution is 5.87. The normalized spacial score (nSPS) is 24.5. The van der Waals surface area contributed by atoms with Gasteiger partial charge >= 0.3 is 0 Å². The Balaban J connectivity index is 1.75. The minimum atomic E-state index is 0.102.